The normalized spacial score (nSPS) is 11.8. The third kappa shape index (κ3) is 4.18. The largest absolute Gasteiger partial charge is 0.392 e. The van der Waals surface area contributed by atoms with Crippen LogP contribution < -0.4 is 9.44 Å². The van der Waals surface area contributed by atoms with E-state index in [1.54, 1.807) is 38.1 Å². The molecule has 6 heteroatoms. The van der Waals surface area contributed by atoms with Gasteiger partial charge in [-0.2, -0.15) is 13.1 Å². The minimum atomic E-state index is -3.52. The van der Waals surface area contributed by atoms with Gasteiger partial charge in [-0.05, 0) is 31.5 Å². The Morgan fingerprint density at radius 2 is 1.81 bits per heavy atom. The Hall–Kier alpha value is -1.11. The van der Waals surface area contributed by atoms with E-state index in [-0.39, 0.29) is 12.6 Å². The Balaban J connectivity index is 2.72. The minimum absolute atomic E-state index is 0.0583. The van der Waals surface area contributed by atoms with Gasteiger partial charge in [0.05, 0.1) is 6.61 Å². The number of hydrogen-bond acceptors (Lipinski definition) is 3. The van der Waals surface area contributed by atoms with E-state index in [2.05, 4.69) is 9.44 Å². The SMILES string of the molecule is CC(C)NS(=O)(=O)Nc1ccc(CO)cc1. The molecule has 0 amide bonds. The van der Waals surface area contributed by atoms with E-state index in [0.29, 0.717) is 5.69 Å². The highest BCUT2D eigenvalue weighted by Crippen LogP contribution is 2.10. The molecule has 0 aromatic heterocycles. The molecule has 0 spiro atoms. The van der Waals surface area contributed by atoms with E-state index in [1.165, 1.54) is 0 Å². The van der Waals surface area contributed by atoms with Crippen molar-refractivity contribution >= 4 is 15.9 Å². The average molecular weight is 244 g/mol. The van der Waals surface area contributed by atoms with Crippen molar-refractivity contribution < 1.29 is 13.5 Å². The van der Waals surface area contributed by atoms with Gasteiger partial charge in [-0.3, -0.25) is 4.72 Å². The maximum Gasteiger partial charge on any atom is 0.299 e. The van der Waals surface area contributed by atoms with Gasteiger partial charge in [-0.15, -0.1) is 0 Å². The zero-order chi connectivity index (χ0) is 12.2. The first-order valence-electron chi connectivity index (χ1n) is 4.93. The Morgan fingerprint density at radius 3 is 2.25 bits per heavy atom. The number of rotatable bonds is 5. The molecule has 0 saturated heterocycles. The van der Waals surface area contributed by atoms with Crippen LogP contribution in [-0.2, 0) is 16.8 Å². The molecule has 1 aromatic carbocycles. The summed E-state index contributed by atoms with van der Waals surface area (Å²) in [7, 11) is -3.52. The fourth-order valence-electron chi connectivity index (χ4n) is 1.17. The maximum absolute atomic E-state index is 11.5. The molecular weight excluding hydrogens is 228 g/mol. The molecule has 0 saturated carbocycles. The van der Waals surface area contributed by atoms with E-state index in [0.717, 1.165) is 5.56 Å². The Morgan fingerprint density at radius 1 is 1.25 bits per heavy atom. The lowest BCUT2D eigenvalue weighted by molar-refractivity contribution is 0.282. The molecule has 0 radical (unpaired) electrons. The molecule has 1 rings (SSSR count). The summed E-state index contributed by atoms with van der Waals surface area (Å²) in [6.45, 7) is 3.43. The second-order valence-electron chi connectivity index (χ2n) is 3.73. The zero-order valence-corrected chi connectivity index (χ0v) is 10.1. The van der Waals surface area contributed by atoms with Crippen molar-refractivity contribution in [2.75, 3.05) is 4.72 Å². The summed E-state index contributed by atoms with van der Waals surface area (Å²) in [5.74, 6) is 0. The standard InChI is InChI=1S/C10H16N2O3S/c1-8(2)11-16(14,15)12-10-5-3-9(7-13)4-6-10/h3-6,8,11-13H,7H2,1-2H3. The van der Waals surface area contributed by atoms with Crippen LogP contribution in [0, 0.1) is 0 Å². The molecule has 0 unspecified atom stereocenters. The first kappa shape index (κ1) is 13.0. The highest BCUT2D eigenvalue weighted by molar-refractivity contribution is 7.90. The molecule has 0 heterocycles. The number of aliphatic hydroxyl groups is 1. The monoisotopic (exact) mass is 244 g/mol. The van der Waals surface area contributed by atoms with E-state index in [1.807, 2.05) is 0 Å². The summed E-state index contributed by atoms with van der Waals surface area (Å²) >= 11 is 0. The fourth-order valence-corrected chi connectivity index (χ4v) is 2.30. The molecule has 1 aromatic rings. The number of hydrogen-bond donors (Lipinski definition) is 3. The van der Waals surface area contributed by atoms with Gasteiger partial charge in [0.1, 0.15) is 0 Å². The third-order valence-corrected chi connectivity index (χ3v) is 3.07. The van der Waals surface area contributed by atoms with E-state index >= 15 is 0 Å². The predicted molar refractivity (Wildman–Crippen MR) is 63.2 cm³/mol. The Labute approximate surface area is 95.7 Å². The Kier molecular flexibility index (Phi) is 4.28. The molecule has 0 aliphatic rings. The second kappa shape index (κ2) is 5.29. The topological polar surface area (TPSA) is 78.4 Å². The summed E-state index contributed by atoms with van der Waals surface area (Å²) in [6, 6.07) is 6.37. The van der Waals surface area contributed by atoms with Gasteiger partial charge < -0.3 is 5.11 Å². The molecule has 0 bridgehead atoms. The Bertz CT molecular complexity index is 426. The van der Waals surface area contributed by atoms with Crippen molar-refractivity contribution in [2.45, 2.75) is 26.5 Å². The van der Waals surface area contributed by atoms with Crippen LogP contribution in [0.4, 0.5) is 5.69 Å². The lowest BCUT2D eigenvalue weighted by Crippen LogP contribution is -2.35. The highest BCUT2D eigenvalue weighted by atomic mass is 32.2. The summed E-state index contributed by atoms with van der Waals surface area (Å²) in [6.07, 6.45) is 0. The molecule has 0 fully saturated rings. The molecule has 0 aliphatic carbocycles. The quantitative estimate of drug-likeness (QED) is 0.718. The van der Waals surface area contributed by atoms with Gasteiger partial charge in [0.2, 0.25) is 0 Å². The fraction of sp³-hybridized carbons (Fsp3) is 0.400. The van der Waals surface area contributed by atoms with Gasteiger partial charge in [-0.1, -0.05) is 12.1 Å². The van der Waals surface area contributed by atoms with Gasteiger partial charge >= 0.3 is 0 Å². The summed E-state index contributed by atoms with van der Waals surface area (Å²) in [5, 5.41) is 8.83. The lowest BCUT2D eigenvalue weighted by atomic mass is 10.2. The van der Waals surface area contributed by atoms with Crippen LogP contribution in [0.5, 0.6) is 0 Å². The first-order chi connectivity index (χ1) is 7.43. The van der Waals surface area contributed by atoms with Crippen LogP contribution >= 0.6 is 0 Å². The van der Waals surface area contributed by atoms with Gasteiger partial charge in [0.25, 0.3) is 10.2 Å². The molecule has 90 valence electrons. The van der Waals surface area contributed by atoms with Crippen molar-refractivity contribution in [1.82, 2.24) is 4.72 Å². The zero-order valence-electron chi connectivity index (χ0n) is 9.27. The molecular formula is C10H16N2O3S. The molecule has 5 nitrogen and oxygen atoms in total. The lowest BCUT2D eigenvalue weighted by Gasteiger charge is -2.11. The van der Waals surface area contributed by atoms with Crippen molar-refractivity contribution in [3.63, 3.8) is 0 Å². The smallest absolute Gasteiger partial charge is 0.299 e. The van der Waals surface area contributed by atoms with Gasteiger partial charge in [0, 0.05) is 11.7 Å². The number of anilines is 1. The van der Waals surface area contributed by atoms with Crippen LogP contribution in [0.25, 0.3) is 0 Å². The number of benzene rings is 1. The van der Waals surface area contributed by atoms with Crippen molar-refractivity contribution in [3.8, 4) is 0 Å². The van der Waals surface area contributed by atoms with Crippen molar-refractivity contribution in [1.29, 1.82) is 0 Å². The van der Waals surface area contributed by atoms with Crippen LogP contribution in [-0.4, -0.2) is 19.6 Å². The molecule has 0 aliphatic heterocycles. The predicted octanol–water partition coefficient (Wildman–Crippen LogP) is 0.834. The van der Waals surface area contributed by atoms with Crippen LogP contribution in [0.2, 0.25) is 0 Å². The van der Waals surface area contributed by atoms with Crippen LogP contribution in [0.3, 0.4) is 0 Å². The molecule has 0 atom stereocenters. The maximum atomic E-state index is 11.5. The highest BCUT2D eigenvalue weighted by Gasteiger charge is 2.10. The van der Waals surface area contributed by atoms with E-state index < -0.39 is 10.2 Å². The van der Waals surface area contributed by atoms with Gasteiger partial charge in [-0.25, -0.2) is 0 Å². The van der Waals surface area contributed by atoms with E-state index in [9.17, 15) is 8.42 Å². The summed E-state index contributed by atoms with van der Waals surface area (Å²) in [5.41, 5.74) is 1.20. The average Bonchev–Trinajstić information content (AvgIpc) is 2.16. The summed E-state index contributed by atoms with van der Waals surface area (Å²) in [4.78, 5) is 0. The van der Waals surface area contributed by atoms with Crippen LogP contribution in [0.1, 0.15) is 19.4 Å². The second-order valence-corrected chi connectivity index (χ2v) is 5.18. The van der Waals surface area contributed by atoms with Crippen molar-refractivity contribution in [3.05, 3.63) is 29.8 Å². The minimum Gasteiger partial charge on any atom is -0.392 e. The van der Waals surface area contributed by atoms with E-state index in [4.69, 9.17) is 5.11 Å². The molecule has 3 N–H and O–H groups in total. The third-order valence-electron chi connectivity index (χ3n) is 1.78. The van der Waals surface area contributed by atoms with Gasteiger partial charge in [0.15, 0.2) is 0 Å². The molecule has 16 heavy (non-hydrogen) atoms. The summed E-state index contributed by atoms with van der Waals surface area (Å²) < 4.78 is 27.8. The van der Waals surface area contributed by atoms with Crippen LogP contribution in [0.15, 0.2) is 24.3 Å². The first-order valence-corrected chi connectivity index (χ1v) is 6.41. The van der Waals surface area contributed by atoms with Crippen molar-refractivity contribution in [2.24, 2.45) is 0 Å². The number of nitrogens with one attached hydrogen (secondary N) is 2. The number of aliphatic hydroxyl groups excluding tert-OH is 1.